The van der Waals surface area contributed by atoms with Crippen LogP contribution in [0.1, 0.15) is 29.7 Å². The standard InChI is InChI=1S/C25H24N6O2/c1-14-11-19(16(3)26-21-8-6-5-7-18(21)25-27-29-30-28-25)24-20(12-14)22(32)15(2)23(33-24)17-9-10-31(4)13-17/h5-13,16,26H,1-4H3,(H,27,28,29,30)/t16-/m1/s1. The predicted molar refractivity (Wildman–Crippen MR) is 128 cm³/mol. The topological polar surface area (TPSA) is 102 Å². The van der Waals surface area contributed by atoms with E-state index in [-0.39, 0.29) is 11.5 Å². The van der Waals surface area contributed by atoms with Crippen molar-refractivity contribution < 1.29 is 4.42 Å². The van der Waals surface area contributed by atoms with Crippen LogP contribution in [0.25, 0.3) is 33.7 Å². The number of anilines is 1. The van der Waals surface area contributed by atoms with Crippen molar-refractivity contribution in [3.63, 3.8) is 0 Å². The minimum Gasteiger partial charge on any atom is -0.455 e. The maximum atomic E-state index is 13.3. The molecule has 2 aromatic carbocycles. The molecule has 0 aliphatic heterocycles. The highest BCUT2D eigenvalue weighted by Gasteiger charge is 2.20. The van der Waals surface area contributed by atoms with Gasteiger partial charge in [0.15, 0.2) is 5.43 Å². The molecular formula is C25H24N6O2. The SMILES string of the molecule is Cc1cc([C@@H](C)Nc2ccccc2-c2nn[nH]n2)c2oc(-c3ccn(C)c3)c(C)c(=O)c2c1. The third-order valence-electron chi connectivity index (χ3n) is 5.84. The van der Waals surface area contributed by atoms with E-state index in [1.165, 1.54) is 0 Å². The van der Waals surface area contributed by atoms with Crippen molar-refractivity contribution >= 4 is 16.7 Å². The molecule has 8 nitrogen and oxygen atoms in total. The Bertz CT molecular complexity index is 1510. The van der Waals surface area contributed by atoms with Crippen LogP contribution < -0.4 is 10.7 Å². The Morgan fingerprint density at radius 1 is 1.15 bits per heavy atom. The van der Waals surface area contributed by atoms with Crippen molar-refractivity contribution in [3.8, 4) is 22.7 Å². The lowest BCUT2D eigenvalue weighted by molar-refractivity contribution is 0.605. The molecule has 0 spiro atoms. The zero-order valence-corrected chi connectivity index (χ0v) is 18.9. The summed E-state index contributed by atoms with van der Waals surface area (Å²) in [5.74, 6) is 1.10. The molecule has 5 rings (SSSR count). The Balaban J connectivity index is 1.64. The van der Waals surface area contributed by atoms with Crippen LogP contribution in [0.15, 0.2) is 64.1 Å². The molecule has 0 aliphatic carbocycles. The van der Waals surface area contributed by atoms with Crippen molar-refractivity contribution in [1.29, 1.82) is 0 Å². The summed E-state index contributed by atoms with van der Waals surface area (Å²) in [4.78, 5) is 13.3. The van der Waals surface area contributed by atoms with Crippen LogP contribution in [0.2, 0.25) is 0 Å². The van der Waals surface area contributed by atoms with Gasteiger partial charge in [0, 0.05) is 47.4 Å². The van der Waals surface area contributed by atoms with E-state index in [1.54, 1.807) is 0 Å². The zero-order valence-electron chi connectivity index (χ0n) is 18.9. The van der Waals surface area contributed by atoms with Gasteiger partial charge in [0.05, 0.1) is 11.4 Å². The van der Waals surface area contributed by atoms with Crippen molar-refractivity contribution in [1.82, 2.24) is 25.2 Å². The van der Waals surface area contributed by atoms with Crippen LogP contribution >= 0.6 is 0 Å². The van der Waals surface area contributed by atoms with Gasteiger partial charge in [0.2, 0.25) is 5.82 Å². The molecule has 0 saturated carbocycles. The smallest absolute Gasteiger partial charge is 0.206 e. The molecule has 0 fully saturated rings. The number of para-hydroxylation sites is 1. The van der Waals surface area contributed by atoms with Crippen molar-refractivity contribution in [2.75, 3.05) is 5.32 Å². The van der Waals surface area contributed by atoms with E-state index in [9.17, 15) is 4.79 Å². The molecule has 0 amide bonds. The fraction of sp³-hybridized carbons (Fsp3) is 0.200. The van der Waals surface area contributed by atoms with Crippen molar-refractivity contribution in [2.45, 2.75) is 26.8 Å². The molecule has 0 radical (unpaired) electrons. The second kappa shape index (κ2) is 8.05. The fourth-order valence-electron chi connectivity index (χ4n) is 4.19. The van der Waals surface area contributed by atoms with E-state index in [0.717, 1.165) is 27.9 Å². The third-order valence-corrected chi connectivity index (χ3v) is 5.84. The Hall–Kier alpha value is -4.20. The van der Waals surface area contributed by atoms with E-state index in [0.29, 0.717) is 28.1 Å². The van der Waals surface area contributed by atoms with E-state index in [2.05, 4.69) is 32.0 Å². The first-order valence-corrected chi connectivity index (χ1v) is 10.7. The number of nitrogens with one attached hydrogen (secondary N) is 2. The van der Waals surface area contributed by atoms with Gasteiger partial charge >= 0.3 is 0 Å². The molecule has 0 aliphatic rings. The largest absolute Gasteiger partial charge is 0.455 e. The lowest BCUT2D eigenvalue weighted by Crippen LogP contribution is -2.12. The van der Waals surface area contributed by atoms with Crippen molar-refractivity contribution in [2.24, 2.45) is 7.05 Å². The lowest BCUT2D eigenvalue weighted by Gasteiger charge is -2.20. The van der Waals surface area contributed by atoms with Gasteiger partial charge in [-0.05, 0) is 55.8 Å². The lowest BCUT2D eigenvalue weighted by atomic mass is 9.99. The Morgan fingerprint density at radius 3 is 2.70 bits per heavy atom. The van der Waals surface area contributed by atoms with Crippen LogP contribution in [0.5, 0.6) is 0 Å². The summed E-state index contributed by atoms with van der Waals surface area (Å²) in [6, 6.07) is 13.5. The van der Waals surface area contributed by atoms with E-state index in [1.807, 2.05) is 81.2 Å². The minimum absolute atomic E-state index is 0.0144. The van der Waals surface area contributed by atoms with E-state index < -0.39 is 0 Å². The number of hydrogen-bond acceptors (Lipinski definition) is 6. The van der Waals surface area contributed by atoms with E-state index in [4.69, 9.17) is 4.42 Å². The molecule has 5 aromatic rings. The maximum Gasteiger partial charge on any atom is 0.206 e. The second-order valence-electron chi connectivity index (χ2n) is 8.33. The highest BCUT2D eigenvalue weighted by atomic mass is 16.3. The van der Waals surface area contributed by atoms with Gasteiger partial charge in [-0.15, -0.1) is 10.2 Å². The van der Waals surface area contributed by atoms with E-state index >= 15 is 0 Å². The number of H-pyrrole nitrogens is 1. The minimum atomic E-state index is -0.157. The maximum absolute atomic E-state index is 13.3. The monoisotopic (exact) mass is 440 g/mol. The number of rotatable bonds is 5. The summed E-state index contributed by atoms with van der Waals surface area (Å²) in [6.45, 7) is 5.85. The van der Waals surface area contributed by atoms with Crippen LogP contribution in [-0.4, -0.2) is 25.2 Å². The zero-order chi connectivity index (χ0) is 23.1. The third kappa shape index (κ3) is 3.69. The first-order chi connectivity index (χ1) is 15.9. The molecule has 8 heteroatoms. The first kappa shape index (κ1) is 20.7. The number of fused-ring (bicyclic) bond motifs is 1. The molecule has 1 atom stereocenters. The van der Waals surface area contributed by atoms with Crippen molar-refractivity contribution in [3.05, 3.63) is 81.8 Å². The molecule has 166 valence electrons. The van der Waals surface area contributed by atoms with Gasteiger partial charge in [-0.3, -0.25) is 4.79 Å². The Morgan fingerprint density at radius 2 is 1.97 bits per heavy atom. The summed E-state index contributed by atoms with van der Waals surface area (Å²) in [6.07, 6.45) is 3.89. The molecule has 3 heterocycles. The number of hydrogen-bond donors (Lipinski definition) is 2. The summed E-state index contributed by atoms with van der Waals surface area (Å²) < 4.78 is 8.37. The summed E-state index contributed by atoms with van der Waals surface area (Å²) in [5, 5.41) is 18.5. The summed E-state index contributed by atoms with van der Waals surface area (Å²) >= 11 is 0. The second-order valence-corrected chi connectivity index (χ2v) is 8.33. The number of benzene rings is 2. The van der Waals surface area contributed by atoms with Gasteiger partial charge < -0.3 is 14.3 Å². The quantitative estimate of drug-likeness (QED) is 0.408. The number of nitrogens with zero attached hydrogens (tertiary/aromatic N) is 4. The molecular weight excluding hydrogens is 416 g/mol. The molecule has 2 N–H and O–H groups in total. The average Bonchev–Trinajstić information content (AvgIpc) is 3.48. The summed E-state index contributed by atoms with van der Waals surface area (Å²) in [5.41, 5.74) is 5.65. The number of aryl methyl sites for hydroxylation is 2. The van der Waals surface area contributed by atoms with Crippen LogP contribution in [0, 0.1) is 13.8 Å². The van der Waals surface area contributed by atoms with Gasteiger partial charge in [0.25, 0.3) is 0 Å². The average molecular weight is 441 g/mol. The first-order valence-electron chi connectivity index (χ1n) is 10.7. The van der Waals surface area contributed by atoms with Crippen LogP contribution in [0.4, 0.5) is 5.69 Å². The molecule has 0 unspecified atom stereocenters. The Kier molecular flexibility index (Phi) is 5.05. The van der Waals surface area contributed by atoms with Crippen LogP contribution in [0.3, 0.4) is 0 Å². The predicted octanol–water partition coefficient (Wildman–Crippen LogP) is 4.77. The molecule has 0 saturated heterocycles. The Labute approximate surface area is 190 Å². The number of tetrazole rings is 1. The van der Waals surface area contributed by atoms with Gasteiger partial charge in [0.1, 0.15) is 11.3 Å². The highest BCUT2D eigenvalue weighted by Crippen LogP contribution is 2.34. The molecule has 0 bridgehead atoms. The van der Waals surface area contributed by atoms with Gasteiger partial charge in [-0.25, -0.2) is 0 Å². The summed E-state index contributed by atoms with van der Waals surface area (Å²) in [7, 11) is 1.94. The van der Waals surface area contributed by atoms with Gasteiger partial charge in [-0.2, -0.15) is 5.21 Å². The van der Waals surface area contributed by atoms with Gasteiger partial charge in [-0.1, -0.05) is 18.2 Å². The normalized spacial score (nSPS) is 12.2. The molecule has 3 aromatic heterocycles. The highest BCUT2D eigenvalue weighted by molar-refractivity contribution is 5.85. The number of aromatic nitrogens is 5. The van der Waals surface area contributed by atoms with Crippen LogP contribution in [-0.2, 0) is 7.05 Å². The number of aromatic amines is 1. The molecule has 33 heavy (non-hydrogen) atoms. The fourth-order valence-corrected chi connectivity index (χ4v) is 4.19.